The molecule has 1 unspecified atom stereocenters. The first-order chi connectivity index (χ1) is 15.8. The van der Waals surface area contributed by atoms with Gasteiger partial charge in [0.15, 0.2) is 11.5 Å². The fourth-order valence-corrected chi connectivity index (χ4v) is 4.72. The molecule has 2 aromatic carbocycles. The Morgan fingerprint density at radius 3 is 2.64 bits per heavy atom. The number of ether oxygens (including phenoxy) is 2. The molecule has 0 aliphatic carbocycles. The van der Waals surface area contributed by atoms with Gasteiger partial charge >= 0.3 is 0 Å². The lowest BCUT2D eigenvalue weighted by atomic mass is 10.2. The van der Waals surface area contributed by atoms with Crippen molar-refractivity contribution < 1.29 is 22.7 Å². The van der Waals surface area contributed by atoms with E-state index >= 15 is 0 Å². The summed E-state index contributed by atoms with van der Waals surface area (Å²) in [6.45, 7) is 2.78. The van der Waals surface area contributed by atoms with Gasteiger partial charge in [0, 0.05) is 37.8 Å². The molecular weight excluding hydrogens is 444 g/mol. The summed E-state index contributed by atoms with van der Waals surface area (Å²) in [5, 5.41) is 4.33. The van der Waals surface area contributed by atoms with Crippen molar-refractivity contribution in [2.75, 3.05) is 20.3 Å². The topological polar surface area (TPSA) is 103 Å². The van der Waals surface area contributed by atoms with E-state index in [0.29, 0.717) is 31.3 Å². The van der Waals surface area contributed by atoms with Gasteiger partial charge in [0.1, 0.15) is 0 Å². The van der Waals surface area contributed by atoms with E-state index in [1.165, 1.54) is 24.0 Å². The van der Waals surface area contributed by atoms with Crippen LogP contribution in [0.15, 0.2) is 65.8 Å². The number of para-hydroxylation sites is 1. The lowest BCUT2D eigenvalue weighted by molar-refractivity contribution is -0.131. The van der Waals surface area contributed by atoms with E-state index in [4.69, 9.17) is 9.47 Å². The van der Waals surface area contributed by atoms with Crippen molar-refractivity contribution >= 4 is 15.9 Å². The summed E-state index contributed by atoms with van der Waals surface area (Å²) >= 11 is 0. The predicted octanol–water partition coefficient (Wildman–Crippen LogP) is 2.36. The Morgan fingerprint density at radius 2 is 1.88 bits per heavy atom. The molecule has 3 aromatic rings. The third kappa shape index (κ3) is 5.35. The van der Waals surface area contributed by atoms with Gasteiger partial charge < -0.3 is 14.4 Å². The number of rotatable bonds is 7. The lowest BCUT2D eigenvalue weighted by Crippen LogP contribution is -2.45. The summed E-state index contributed by atoms with van der Waals surface area (Å²) in [5.41, 5.74) is 1.74. The molecule has 2 heterocycles. The number of hydrogen-bond donors (Lipinski definition) is 1. The standard InChI is InChI=1S/C23H26N4O5S/c1-17(25-33(29,30)20-9-10-21-22(13-20)32-12-6-11-31-21)23(28)26(2)15-18-14-24-27(16-18)19-7-4-3-5-8-19/h3-5,7-10,13-14,16-17,25H,6,11-12,15H2,1-2H3. The van der Waals surface area contributed by atoms with Crippen molar-refractivity contribution in [2.24, 2.45) is 0 Å². The van der Waals surface area contributed by atoms with Gasteiger partial charge in [-0.15, -0.1) is 0 Å². The molecule has 33 heavy (non-hydrogen) atoms. The Morgan fingerprint density at radius 1 is 1.15 bits per heavy atom. The first-order valence-electron chi connectivity index (χ1n) is 10.6. The number of benzene rings is 2. The first kappa shape index (κ1) is 22.8. The highest BCUT2D eigenvalue weighted by molar-refractivity contribution is 7.89. The number of carbonyl (C=O) groups is 1. The van der Waals surface area contributed by atoms with Crippen LogP contribution in [0.2, 0.25) is 0 Å². The van der Waals surface area contributed by atoms with Crippen LogP contribution in [0.3, 0.4) is 0 Å². The third-order valence-corrected chi connectivity index (χ3v) is 6.72. The lowest BCUT2D eigenvalue weighted by Gasteiger charge is -2.21. The molecule has 0 fully saturated rings. The number of carbonyl (C=O) groups excluding carboxylic acids is 1. The number of sulfonamides is 1. The number of nitrogens with one attached hydrogen (secondary N) is 1. The number of aromatic nitrogens is 2. The Balaban J connectivity index is 1.40. The zero-order valence-electron chi connectivity index (χ0n) is 18.5. The zero-order chi connectivity index (χ0) is 23.4. The van der Waals surface area contributed by atoms with Gasteiger partial charge in [-0.1, -0.05) is 18.2 Å². The van der Waals surface area contributed by atoms with Crippen molar-refractivity contribution in [1.29, 1.82) is 0 Å². The van der Waals surface area contributed by atoms with Gasteiger partial charge in [-0.3, -0.25) is 4.79 Å². The number of nitrogens with zero attached hydrogens (tertiary/aromatic N) is 3. The van der Waals surface area contributed by atoms with Crippen molar-refractivity contribution in [3.8, 4) is 17.2 Å². The molecule has 1 aliphatic rings. The summed E-state index contributed by atoms with van der Waals surface area (Å²) in [6.07, 6.45) is 4.24. The molecule has 0 saturated carbocycles. The molecule has 9 nitrogen and oxygen atoms in total. The summed E-state index contributed by atoms with van der Waals surface area (Å²) < 4.78 is 41.0. The monoisotopic (exact) mass is 470 g/mol. The van der Waals surface area contributed by atoms with E-state index in [1.807, 2.05) is 36.5 Å². The van der Waals surface area contributed by atoms with Gasteiger partial charge in [0.05, 0.1) is 36.0 Å². The van der Waals surface area contributed by atoms with Crippen LogP contribution < -0.4 is 14.2 Å². The van der Waals surface area contributed by atoms with E-state index in [0.717, 1.165) is 17.7 Å². The molecular formula is C23H26N4O5S. The minimum Gasteiger partial charge on any atom is -0.490 e. The highest BCUT2D eigenvalue weighted by atomic mass is 32.2. The largest absolute Gasteiger partial charge is 0.490 e. The van der Waals surface area contributed by atoms with Gasteiger partial charge in [0.25, 0.3) is 0 Å². The molecule has 4 rings (SSSR count). The summed E-state index contributed by atoms with van der Waals surface area (Å²) in [6, 6.07) is 13.1. The van der Waals surface area contributed by atoms with E-state index in [9.17, 15) is 13.2 Å². The maximum atomic E-state index is 12.9. The Kier molecular flexibility index (Phi) is 6.66. The smallest absolute Gasteiger partial charge is 0.241 e. The summed E-state index contributed by atoms with van der Waals surface area (Å²) in [5.74, 6) is 0.522. The van der Waals surface area contributed by atoms with Crippen LogP contribution in [0.4, 0.5) is 0 Å². The molecule has 0 spiro atoms. The number of hydrogen-bond acceptors (Lipinski definition) is 6. The molecule has 1 N–H and O–H groups in total. The minimum absolute atomic E-state index is 0.0122. The molecule has 0 saturated heterocycles. The van der Waals surface area contributed by atoms with Crippen LogP contribution in [-0.2, 0) is 21.4 Å². The van der Waals surface area contributed by atoms with Gasteiger partial charge in [0.2, 0.25) is 15.9 Å². The molecule has 1 aliphatic heterocycles. The Labute approximate surface area is 193 Å². The predicted molar refractivity (Wildman–Crippen MR) is 122 cm³/mol. The highest BCUT2D eigenvalue weighted by Gasteiger charge is 2.26. The van der Waals surface area contributed by atoms with Crippen LogP contribution in [-0.4, -0.2) is 55.3 Å². The second kappa shape index (κ2) is 9.63. The second-order valence-corrected chi connectivity index (χ2v) is 9.54. The van der Waals surface area contributed by atoms with Crippen LogP contribution in [0.5, 0.6) is 11.5 Å². The average Bonchev–Trinajstić information content (AvgIpc) is 3.14. The molecule has 174 valence electrons. The van der Waals surface area contributed by atoms with E-state index in [1.54, 1.807) is 24.0 Å². The molecule has 0 bridgehead atoms. The van der Waals surface area contributed by atoms with Gasteiger partial charge in [-0.05, 0) is 31.2 Å². The van der Waals surface area contributed by atoms with E-state index in [2.05, 4.69) is 9.82 Å². The Hall–Kier alpha value is -3.37. The van der Waals surface area contributed by atoms with Crippen molar-refractivity contribution in [2.45, 2.75) is 30.8 Å². The van der Waals surface area contributed by atoms with Crippen molar-refractivity contribution in [3.63, 3.8) is 0 Å². The summed E-state index contributed by atoms with van der Waals surface area (Å²) in [4.78, 5) is 14.3. The van der Waals surface area contributed by atoms with Crippen molar-refractivity contribution in [3.05, 3.63) is 66.5 Å². The maximum absolute atomic E-state index is 12.9. The normalized spacial score (nSPS) is 14.4. The maximum Gasteiger partial charge on any atom is 0.241 e. The Bertz CT molecular complexity index is 1230. The third-order valence-electron chi connectivity index (χ3n) is 5.18. The highest BCUT2D eigenvalue weighted by Crippen LogP contribution is 2.31. The SMILES string of the molecule is CC(NS(=O)(=O)c1ccc2c(c1)OCCCO2)C(=O)N(C)Cc1cnn(-c2ccccc2)c1. The van der Waals surface area contributed by atoms with Crippen LogP contribution in [0.1, 0.15) is 18.9 Å². The second-order valence-electron chi connectivity index (χ2n) is 7.82. The van der Waals surface area contributed by atoms with Crippen LogP contribution in [0, 0.1) is 0 Å². The molecule has 10 heteroatoms. The van der Waals surface area contributed by atoms with E-state index in [-0.39, 0.29) is 10.8 Å². The average molecular weight is 471 g/mol. The quantitative estimate of drug-likeness (QED) is 0.569. The number of fused-ring (bicyclic) bond motifs is 1. The van der Waals surface area contributed by atoms with Crippen LogP contribution >= 0.6 is 0 Å². The van der Waals surface area contributed by atoms with E-state index < -0.39 is 16.1 Å². The van der Waals surface area contributed by atoms with Gasteiger partial charge in [-0.25, -0.2) is 13.1 Å². The fraction of sp³-hybridized carbons (Fsp3) is 0.304. The molecule has 1 atom stereocenters. The molecule has 0 radical (unpaired) electrons. The summed E-state index contributed by atoms with van der Waals surface area (Å²) in [7, 11) is -2.31. The number of amides is 1. The van der Waals surface area contributed by atoms with Crippen LogP contribution in [0.25, 0.3) is 5.69 Å². The van der Waals surface area contributed by atoms with Crippen molar-refractivity contribution in [1.82, 2.24) is 19.4 Å². The zero-order valence-corrected chi connectivity index (χ0v) is 19.3. The molecule has 1 aromatic heterocycles. The van der Waals surface area contributed by atoms with Gasteiger partial charge in [-0.2, -0.15) is 9.82 Å². The fourth-order valence-electron chi connectivity index (χ4n) is 3.51. The number of likely N-dealkylation sites (N-methyl/N-ethyl adjacent to an activating group) is 1. The molecule has 1 amide bonds. The minimum atomic E-state index is -3.94. The first-order valence-corrected chi connectivity index (χ1v) is 12.1.